The third-order valence-electron chi connectivity index (χ3n) is 6.61. The molecule has 5 rings (SSSR count). The smallest absolute Gasteiger partial charge is 0.247 e. The van der Waals surface area contributed by atoms with Crippen molar-refractivity contribution in [2.24, 2.45) is 5.73 Å². The Labute approximate surface area is 221 Å². The van der Waals surface area contributed by atoms with Crippen LogP contribution in [-0.4, -0.2) is 49.2 Å². The highest BCUT2D eigenvalue weighted by Crippen LogP contribution is 2.35. The van der Waals surface area contributed by atoms with Crippen molar-refractivity contribution in [2.45, 2.75) is 5.60 Å². The molecule has 1 amide bonds. The molecule has 0 unspecified atom stereocenters. The molecule has 1 aliphatic rings. The van der Waals surface area contributed by atoms with E-state index in [1.54, 1.807) is 13.3 Å². The number of aromatic nitrogens is 2. The Morgan fingerprint density at radius 2 is 2.11 bits per heavy atom. The van der Waals surface area contributed by atoms with Crippen LogP contribution in [0, 0.1) is 0 Å². The first-order valence-electron chi connectivity index (χ1n) is 12.3. The number of carbonyl (C=O) groups is 1. The number of methoxy groups -OCH3 is 1. The number of hydrogen-bond acceptors (Lipinski definition) is 8. The number of carbonyl (C=O) groups excluding carboxylic acids is 1. The minimum atomic E-state index is -0.599. The van der Waals surface area contributed by atoms with Crippen molar-refractivity contribution in [3.8, 4) is 16.9 Å². The van der Waals surface area contributed by atoms with Crippen LogP contribution in [-0.2, 0) is 15.1 Å². The van der Waals surface area contributed by atoms with E-state index in [2.05, 4.69) is 27.5 Å². The van der Waals surface area contributed by atoms with Crippen molar-refractivity contribution >= 4 is 34.1 Å². The lowest BCUT2D eigenvalue weighted by Crippen LogP contribution is -2.51. The number of amides is 1. The van der Waals surface area contributed by atoms with Gasteiger partial charge < -0.3 is 31.2 Å². The summed E-state index contributed by atoms with van der Waals surface area (Å²) in [5.74, 6) is 0.793. The fourth-order valence-corrected chi connectivity index (χ4v) is 4.60. The molecule has 2 heterocycles. The molecule has 1 aromatic heterocycles. The van der Waals surface area contributed by atoms with E-state index in [4.69, 9.17) is 20.2 Å². The summed E-state index contributed by atoms with van der Waals surface area (Å²) in [4.78, 5) is 21.1. The summed E-state index contributed by atoms with van der Waals surface area (Å²) in [5, 5.41) is 10.4. The van der Waals surface area contributed by atoms with Crippen molar-refractivity contribution in [2.75, 3.05) is 44.0 Å². The summed E-state index contributed by atoms with van der Waals surface area (Å²) in [6, 6.07) is 19.4. The van der Waals surface area contributed by atoms with Gasteiger partial charge in [0.05, 0.1) is 24.9 Å². The second-order valence-corrected chi connectivity index (χ2v) is 8.97. The van der Waals surface area contributed by atoms with Crippen molar-refractivity contribution < 1.29 is 14.3 Å². The number of ether oxygens (including phenoxy) is 2. The molecule has 4 aromatic rings. The first-order valence-corrected chi connectivity index (χ1v) is 12.3. The first-order chi connectivity index (χ1) is 18.5. The Hall–Kier alpha value is -4.31. The van der Waals surface area contributed by atoms with Gasteiger partial charge in [0, 0.05) is 42.5 Å². The number of nitrogens with two attached hydrogens (primary N) is 1. The Balaban J connectivity index is 1.48. The number of para-hydroxylation sites is 1. The molecule has 1 saturated heterocycles. The summed E-state index contributed by atoms with van der Waals surface area (Å²) in [6.45, 7) is 5.89. The normalized spacial score (nSPS) is 17.1. The van der Waals surface area contributed by atoms with Crippen LogP contribution in [0.2, 0.25) is 0 Å². The lowest BCUT2D eigenvalue weighted by atomic mass is 9.92. The molecule has 0 spiro atoms. The van der Waals surface area contributed by atoms with Gasteiger partial charge in [-0.25, -0.2) is 9.97 Å². The highest BCUT2D eigenvalue weighted by Gasteiger charge is 2.34. The van der Waals surface area contributed by atoms with Gasteiger partial charge in [0.25, 0.3) is 0 Å². The van der Waals surface area contributed by atoms with Gasteiger partial charge in [-0.05, 0) is 41.5 Å². The van der Waals surface area contributed by atoms with Gasteiger partial charge in [-0.15, -0.1) is 0 Å². The number of rotatable bonds is 8. The van der Waals surface area contributed by atoms with E-state index >= 15 is 0 Å². The standard InChI is InChI=1S/C29H30N6O3/c1-3-26(36)33-22-8-4-6-19(14-22)23-9-5-7-20-16-32-28(35-27(20)23)34-24-11-10-21(15-25(24)37-2)29(17-30)18-31-12-13-38-29/h3-11,14-16,31H,1,12-13,17-18,30H2,2H3,(H,33,36)(H,32,34,35)/t29-/m1/s1. The molecule has 9 nitrogen and oxygen atoms in total. The first kappa shape index (κ1) is 25.3. The van der Waals surface area contributed by atoms with Gasteiger partial charge in [-0.1, -0.05) is 43.0 Å². The van der Waals surface area contributed by atoms with E-state index in [1.807, 2.05) is 60.7 Å². The van der Waals surface area contributed by atoms with Crippen molar-refractivity contribution in [1.29, 1.82) is 0 Å². The summed E-state index contributed by atoms with van der Waals surface area (Å²) < 4.78 is 11.8. The van der Waals surface area contributed by atoms with E-state index in [-0.39, 0.29) is 5.91 Å². The fraction of sp³-hybridized carbons (Fsp3) is 0.207. The summed E-state index contributed by atoms with van der Waals surface area (Å²) in [6.07, 6.45) is 3.02. The van der Waals surface area contributed by atoms with Crippen LogP contribution < -0.4 is 26.4 Å². The number of benzene rings is 3. The highest BCUT2D eigenvalue weighted by molar-refractivity contribution is 6.00. The fourth-order valence-electron chi connectivity index (χ4n) is 4.60. The quantitative estimate of drug-likeness (QED) is 0.263. The van der Waals surface area contributed by atoms with Crippen LogP contribution in [0.25, 0.3) is 22.0 Å². The predicted molar refractivity (Wildman–Crippen MR) is 150 cm³/mol. The van der Waals surface area contributed by atoms with E-state index in [9.17, 15) is 4.79 Å². The number of hydrogen-bond donors (Lipinski definition) is 4. The van der Waals surface area contributed by atoms with Crippen LogP contribution in [0.15, 0.2) is 79.5 Å². The largest absolute Gasteiger partial charge is 0.495 e. The van der Waals surface area contributed by atoms with Crippen molar-refractivity contribution in [1.82, 2.24) is 15.3 Å². The molecule has 1 atom stereocenters. The number of fused-ring (bicyclic) bond motifs is 1. The third-order valence-corrected chi connectivity index (χ3v) is 6.61. The minimum Gasteiger partial charge on any atom is -0.495 e. The monoisotopic (exact) mass is 510 g/mol. The molecule has 1 aliphatic heterocycles. The average Bonchev–Trinajstić information content (AvgIpc) is 2.97. The van der Waals surface area contributed by atoms with Gasteiger partial charge >= 0.3 is 0 Å². The van der Waals surface area contributed by atoms with Crippen LogP contribution in [0.1, 0.15) is 5.56 Å². The predicted octanol–water partition coefficient (Wildman–Crippen LogP) is 3.95. The topological polar surface area (TPSA) is 123 Å². The average molecular weight is 511 g/mol. The minimum absolute atomic E-state index is 0.266. The number of nitrogens with one attached hydrogen (secondary N) is 3. The van der Waals surface area contributed by atoms with Crippen LogP contribution in [0.4, 0.5) is 17.3 Å². The molecule has 1 fully saturated rings. The van der Waals surface area contributed by atoms with Crippen LogP contribution >= 0.6 is 0 Å². The Bertz CT molecular complexity index is 1480. The zero-order valence-electron chi connectivity index (χ0n) is 21.2. The zero-order valence-corrected chi connectivity index (χ0v) is 21.2. The second kappa shape index (κ2) is 11.0. The van der Waals surface area contributed by atoms with Crippen molar-refractivity contribution in [3.63, 3.8) is 0 Å². The SMILES string of the molecule is C=CC(=O)Nc1cccc(-c2cccc3cnc(Nc4ccc([C@@]5(CN)CNCCO5)cc4OC)nc23)c1. The van der Waals surface area contributed by atoms with E-state index < -0.39 is 5.60 Å². The van der Waals surface area contributed by atoms with Crippen LogP contribution in [0.5, 0.6) is 5.75 Å². The summed E-state index contributed by atoms with van der Waals surface area (Å²) in [5.41, 5.74) is 10.5. The second-order valence-electron chi connectivity index (χ2n) is 8.97. The lowest BCUT2D eigenvalue weighted by Gasteiger charge is -2.37. The Morgan fingerprint density at radius 1 is 1.24 bits per heavy atom. The maximum absolute atomic E-state index is 11.8. The molecule has 0 bridgehead atoms. The molecule has 0 saturated carbocycles. The molecular formula is C29H30N6O3. The van der Waals surface area contributed by atoms with Gasteiger partial charge in [0.1, 0.15) is 11.4 Å². The van der Waals surface area contributed by atoms with Crippen molar-refractivity contribution in [3.05, 3.63) is 85.1 Å². The Morgan fingerprint density at radius 3 is 2.87 bits per heavy atom. The molecule has 0 radical (unpaired) electrons. The van der Waals surface area contributed by atoms with E-state index in [0.29, 0.717) is 37.1 Å². The van der Waals surface area contributed by atoms with Gasteiger partial charge in [-0.2, -0.15) is 0 Å². The van der Waals surface area contributed by atoms with Gasteiger partial charge in [0.2, 0.25) is 11.9 Å². The molecule has 9 heteroatoms. The van der Waals surface area contributed by atoms with E-state index in [0.717, 1.165) is 39.8 Å². The van der Waals surface area contributed by atoms with Gasteiger partial charge in [0.15, 0.2) is 0 Å². The molecule has 194 valence electrons. The Kier molecular flexibility index (Phi) is 7.32. The number of nitrogens with zero attached hydrogens (tertiary/aromatic N) is 2. The van der Waals surface area contributed by atoms with Gasteiger partial charge in [-0.3, -0.25) is 4.79 Å². The number of anilines is 3. The highest BCUT2D eigenvalue weighted by atomic mass is 16.5. The van der Waals surface area contributed by atoms with E-state index in [1.165, 1.54) is 6.08 Å². The summed E-state index contributed by atoms with van der Waals surface area (Å²) in [7, 11) is 1.62. The molecular weight excluding hydrogens is 480 g/mol. The molecule has 38 heavy (non-hydrogen) atoms. The molecule has 5 N–H and O–H groups in total. The lowest BCUT2D eigenvalue weighted by molar-refractivity contribution is -0.111. The zero-order chi connectivity index (χ0) is 26.5. The maximum Gasteiger partial charge on any atom is 0.247 e. The molecule has 0 aliphatic carbocycles. The number of morpholine rings is 1. The van der Waals surface area contributed by atoms with Crippen LogP contribution in [0.3, 0.4) is 0 Å². The summed E-state index contributed by atoms with van der Waals surface area (Å²) >= 11 is 0. The maximum atomic E-state index is 11.8. The molecule has 3 aromatic carbocycles. The third kappa shape index (κ3) is 5.08.